The van der Waals surface area contributed by atoms with Crippen molar-refractivity contribution in [3.05, 3.63) is 24.4 Å². The molecule has 3 heteroatoms. The lowest BCUT2D eigenvalue weighted by Crippen LogP contribution is -2.29. The topological polar surface area (TPSA) is 29.5 Å². The second kappa shape index (κ2) is 3.24. The van der Waals surface area contributed by atoms with Gasteiger partial charge in [-0.25, -0.2) is 4.79 Å². The molecule has 0 aromatic carbocycles. The molecule has 2 atom stereocenters. The van der Waals surface area contributed by atoms with Crippen LogP contribution < -0.4 is 0 Å². The summed E-state index contributed by atoms with van der Waals surface area (Å²) in [6.45, 7) is 2.26. The molecule has 2 rings (SSSR count). The molecule has 70 valence electrons. The molecule has 0 spiro atoms. The lowest BCUT2D eigenvalue weighted by Gasteiger charge is -2.16. The summed E-state index contributed by atoms with van der Waals surface area (Å²) in [6.07, 6.45) is 8.65. The average molecular weight is 179 g/mol. The molecule has 1 aliphatic heterocycles. The maximum absolute atomic E-state index is 11.4. The summed E-state index contributed by atoms with van der Waals surface area (Å²) in [5.41, 5.74) is 0. The Morgan fingerprint density at radius 2 is 2.46 bits per heavy atom. The number of amides is 1. The fourth-order valence-electron chi connectivity index (χ4n) is 1.58. The van der Waals surface area contributed by atoms with Crippen LogP contribution in [0.5, 0.6) is 0 Å². The SMILES string of the molecule is CCOC(=O)N1C=CC=CC2CC21. The summed E-state index contributed by atoms with van der Waals surface area (Å²) >= 11 is 0. The smallest absolute Gasteiger partial charge is 0.414 e. The van der Waals surface area contributed by atoms with E-state index in [1.165, 1.54) is 0 Å². The van der Waals surface area contributed by atoms with Crippen molar-refractivity contribution in [2.24, 2.45) is 5.92 Å². The highest BCUT2D eigenvalue weighted by Crippen LogP contribution is 2.38. The van der Waals surface area contributed by atoms with E-state index in [4.69, 9.17) is 4.74 Å². The van der Waals surface area contributed by atoms with Crippen molar-refractivity contribution in [2.45, 2.75) is 19.4 Å². The lowest BCUT2D eigenvalue weighted by molar-refractivity contribution is 0.119. The van der Waals surface area contributed by atoms with Crippen molar-refractivity contribution >= 4 is 6.09 Å². The number of carbonyl (C=O) groups excluding carboxylic acids is 1. The van der Waals surface area contributed by atoms with Crippen LogP contribution in [0, 0.1) is 5.92 Å². The molecule has 13 heavy (non-hydrogen) atoms. The van der Waals surface area contributed by atoms with E-state index in [0.717, 1.165) is 6.42 Å². The molecule has 0 radical (unpaired) electrons. The zero-order valence-electron chi connectivity index (χ0n) is 7.64. The van der Waals surface area contributed by atoms with Gasteiger partial charge < -0.3 is 4.74 Å². The van der Waals surface area contributed by atoms with Gasteiger partial charge in [0.1, 0.15) is 0 Å². The Balaban J connectivity index is 2.03. The normalized spacial score (nSPS) is 29.5. The first-order chi connectivity index (χ1) is 6.33. The van der Waals surface area contributed by atoms with Gasteiger partial charge in [-0.1, -0.05) is 12.2 Å². The number of ether oxygens (including phenoxy) is 1. The monoisotopic (exact) mass is 179 g/mol. The van der Waals surface area contributed by atoms with E-state index in [9.17, 15) is 4.79 Å². The van der Waals surface area contributed by atoms with Gasteiger partial charge >= 0.3 is 6.09 Å². The minimum atomic E-state index is -0.227. The van der Waals surface area contributed by atoms with Gasteiger partial charge in [0, 0.05) is 18.2 Å². The van der Waals surface area contributed by atoms with Gasteiger partial charge in [0.15, 0.2) is 0 Å². The third-order valence-corrected chi connectivity index (χ3v) is 2.36. The van der Waals surface area contributed by atoms with Crippen LogP contribution in [-0.4, -0.2) is 23.6 Å². The van der Waals surface area contributed by atoms with E-state index in [1.54, 1.807) is 11.1 Å². The second-order valence-corrected chi connectivity index (χ2v) is 3.30. The molecule has 2 unspecified atom stereocenters. The van der Waals surface area contributed by atoms with Crippen molar-refractivity contribution < 1.29 is 9.53 Å². The summed E-state index contributed by atoms with van der Waals surface area (Å²) in [7, 11) is 0. The number of nitrogens with zero attached hydrogens (tertiary/aromatic N) is 1. The first-order valence-corrected chi connectivity index (χ1v) is 4.63. The predicted octanol–water partition coefficient (Wildman–Crippen LogP) is 1.92. The van der Waals surface area contributed by atoms with Gasteiger partial charge in [0.2, 0.25) is 0 Å². The molecular weight excluding hydrogens is 166 g/mol. The fraction of sp³-hybridized carbons (Fsp3) is 0.500. The van der Waals surface area contributed by atoms with Crippen molar-refractivity contribution in [1.29, 1.82) is 0 Å². The molecule has 1 saturated carbocycles. The summed E-state index contributed by atoms with van der Waals surface area (Å²) in [6, 6.07) is 0.342. The molecule has 0 saturated heterocycles. The van der Waals surface area contributed by atoms with Crippen LogP contribution in [0.15, 0.2) is 24.4 Å². The van der Waals surface area contributed by atoms with Crippen molar-refractivity contribution in [1.82, 2.24) is 4.90 Å². The maximum atomic E-state index is 11.4. The molecule has 0 N–H and O–H groups in total. The first-order valence-electron chi connectivity index (χ1n) is 4.63. The first kappa shape index (κ1) is 8.35. The van der Waals surface area contributed by atoms with Gasteiger partial charge in [0.05, 0.1) is 6.61 Å². The maximum Gasteiger partial charge on any atom is 0.414 e. The Morgan fingerprint density at radius 1 is 1.62 bits per heavy atom. The van der Waals surface area contributed by atoms with Crippen LogP contribution in [-0.2, 0) is 4.74 Å². The Hall–Kier alpha value is -1.25. The van der Waals surface area contributed by atoms with Crippen LogP contribution in [0.3, 0.4) is 0 Å². The number of hydrogen-bond acceptors (Lipinski definition) is 2. The average Bonchev–Trinajstić information content (AvgIpc) is 2.80. The van der Waals surface area contributed by atoms with Crippen LogP contribution in [0.25, 0.3) is 0 Å². The minimum Gasteiger partial charge on any atom is -0.449 e. The summed E-state index contributed by atoms with van der Waals surface area (Å²) < 4.78 is 4.94. The largest absolute Gasteiger partial charge is 0.449 e. The van der Waals surface area contributed by atoms with Crippen molar-refractivity contribution in [2.75, 3.05) is 6.61 Å². The molecule has 1 fully saturated rings. The third-order valence-electron chi connectivity index (χ3n) is 2.36. The van der Waals surface area contributed by atoms with E-state index in [2.05, 4.69) is 6.08 Å². The summed E-state index contributed by atoms with van der Waals surface area (Å²) in [4.78, 5) is 13.1. The van der Waals surface area contributed by atoms with Crippen LogP contribution in [0.1, 0.15) is 13.3 Å². The predicted molar refractivity (Wildman–Crippen MR) is 49.0 cm³/mol. The number of rotatable bonds is 1. The second-order valence-electron chi connectivity index (χ2n) is 3.30. The molecule has 0 bridgehead atoms. The highest BCUT2D eigenvalue weighted by molar-refractivity contribution is 5.70. The Labute approximate surface area is 77.7 Å². The fourth-order valence-corrected chi connectivity index (χ4v) is 1.58. The third kappa shape index (κ3) is 1.59. The van der Waals surface area contributed by atoms with E-state index < -0.39 is 0 Å². The lowest BCUT2D eigenvalue weighted by atomic mass is 10.3. The van der Waals surface area contributed by atoms with Crippen LogP contribution >= 0.6 is 0 Å². The summed E-state index contributed by atoms with van der Waals surface area (Å²) in [5, 5.41) is 0. The van der Waals surface area contributed by atoms with E-state index in [0.29, 0.717) is 18.6 Å². The van der Waals surface area contributed by atoms with Crippen LogP contribution in [0.2, 0.25) is 0 Å². The van der Waals surface area contributed by atoms with Crippen molar-refractivity contribution in [3.8, 4) is 0 Å². The van der Waals surface area contributed by atoms with Gasteiger partial charge in [0.25, 0.3) is 0 Å². The van der Waals surface area contributed by atoms with Crippen LogP contribution in [0.4, 0.5) is 4.79 Å². The molecule has 1 heterocycles. The molecular formula is C10H13NO2. The van der Waals surface area contributed by atoms with Gasteiger partial charge in [-0.2, -0.15) is 0 Å². The van der Waals surface area contributed by atoms with Gasteiger partial charge in [-0.05, 0) is 19.4 Å². The molecule has 0 aromatic rings. The molecule has 3 nitrogen and oxygen atoms in total. The number of fused-ring (bicyclic) bond motifs is 1. The minimum absolute atomic E-state index is 0.227. The number of hydrogen-bond donors (Lipinski definition) is 0. The van der Waals surface area contributed by atoms with E-state index >= 15 is 0 Å². The Kier molecular flexibility index (Phi) is 2.08. The summed E-state index contributed by atoms with van der Waals surface area (Å²) in [5.74, 6) is 0.541. The molecule has 2 aliphatic rings. The van der Waals surface area contributed by atoms with Gasteiger partial charge in [-0.3, -0.25) is 4.90 Å². The number of carbonyl (C=O) groups is 1. The zero-order chi connectivity index (χ0) is 9.26. The highest BCUT2D eigenvalue weighted by atomic mass is 16.6. The molecule has 1 aliphatic carbocycles. The molecule has 1 amide bonds. The van der Waals surface area contributed by atoms with Gasteiger partial charge in [-0.15, -0.1) is 0 Å². The zero-order valence-corrected chi connectivity index (χ0v) is 7.64. The Morgan fingerprint density at radius 3 is 3.23 bits per heavy atom. The standard InChI is InChI=1S/C10H13NO2/c1-2-13-10(12)11-6-4-3-5-8-7-9(8)11/h3-6,8-9H,2,7H2,1H3. The van der Waals surface area contributed by atoms with E-state index in [1.807, 2.05) is 19.1 Å². The highest BCUT2D eigenvalue weighted by Gasteiger charge is 2.42. The number of allylic oxidation sites excluding steroid dienone is 2. The van der Waals surface area contributed by atoms with E-state index in [-0.39, 0.29) is 6.09 Å². The quantitative estimate of drug-likeness (QED) is 0.615. The Bertz CT molecular complexity index is 270. The molecule has 0 aromatic heterocycles. The van der Waals surface area contributed by atoms with Crippen molar-refractivity contribution in [3.63, 3.8) is 0 Å².